The highest BCUT2D eigenvalue weighted by molar-refractivity contribution is 6.05. The van der Waals surface area contributed by atoms with Gasteiger partial charge in [-0.1, -0.05) is 0 Å². The summed E-state index contributed by atoms with van der Waals surface area (Å²) in [6.45, 7) is 0. The fourth-order valence-electron chi connectivity index (χ4n) is 0.129. The number of hydrogen-bond acceptors (Lipinski definition) is 2. The molecule has 14 radical (unpaired) electrons. The number of carboxylic acids is 2. The average Bonchev–Trinajstić information content (AvgIpc) is 1.93. The van der Waals surface area contributed by atoms with Crippen molar-refractivity contribution < 1.29 is 19.8 Å². The number of carboxylic acid groups (broad SMARTS) is 2. The van der Waals surface area contributed by atoms with Crippen molar-refractivity contribution in [3.63, 3.8) is 0 Å². The van der Waals surface area contributed by atoms with Crippen LogP contribution in [0.2, 0.25) is 10.1 Å². The van der Waals surface area contributed by atoms with Crippen LogP contribution in [0.3, 0.4) is 0 Å². The second-order valence-electron chi connectivity index (χ2n) is 0.964. The van der Waals surface area contributed by atoms with Gasteiger partial charge in [-0.2, -0.15) is 0 Å². The zero-order valence-electron chi connectivity index (χ0n) is 6.83. The van der Waals surface area contributed by atoms with Crippen molar-refractivity contribution in [3.8, 4) is 0 Å². The highest BCUT2D eigenvalue weighted by Crippen LogP contribution is 1.74. The van der Waals surface area contributed by atoms with E-state index in [0.29, 0.717) is 0 Å². The van der Waals surface area contributed by atoms with E-state index in [1.54, 1.807) is 0 Å². The van der Waals surface area contributed by atoms with Crippen LogP contribution in [0.5, 0.6) is 0 Å². The summed E-state index contributed by atoms with van der Waals surface area (Å²) in [6.07, 6.45) is -0.806. The molecule has 2 N–H and O–H groups in total. The highest BCUT2D eigenvalue weighted by Gasteiger charge is 2.01. The Kier molecular flexibility index (Phi) is 26.8. The molecule has 0 aliphatic heterocycles. The molecule has 0 rings (SSSR count). The Morgan fingerprint density at radius 3 is 1.18 bits per heavy atom. The second-order valence-corrected chi connectivity index (χ2v) is 0.964. The van der Waals surface area contributed by atoms with Gasteiger partial charge in [0.25, 0.3) is 10.1 Å². The fourth-order valence-corrected chi connectivity index (χ4v) is 0.129. The van der Waals surface area contributed by atoms with Gasteiger partial charge in [-0.25, -0.2) is 0 Å². The summed E-state index contributed by atoms with van der Waals surface area (Å²) in [4.78, 5) is 18.9. The minimum Gasteiger partial charge on any atom is -0.481 e. The molecule has 0 aliphatic carbocycles. The Morgan fingerprint density at radius 2 is 1.18 bits per heavy atom. The van der Waals surface area contributed by atoms with Crippen LogP contribution in [-0.4, -0.2) is 65.6 Å². The van der Waals surface area contributed by atoms with Crippen LogP contribution in [0, 0.1) is 0 Å². The number of rotatable bonds is 2. The number of hydrogen-bond donors (Lipinski definition) is 2. The van der Waals surface area contributed by atoms with E-state index in [9.17, 15) is 9.59 Å². The van der Waals surface area contributed by atoms with E-state index in [4.69, 9.17) is 10.2 Å². The SMILES string of the molecule is O=C(O)CC(=O)O.[CH3][Mg+2].[CH3][Mg+2]. The van der Waals surface area contributed by atoms with Gasteiger partial charge in [-0.15, -0.1) is 0 Å². The fraction of sp³-hybridized carbons (Fsp3) is 0.600. The molecule has 0 atom stereocenters. The van der Waals surface area contributed by atoms with E-state index in [-0.39, 0.29) is 0 Å². The molecule has 0 saturated heterocycles. The molecule has 0 aromatic rings. The third-order valence-electron chi connectivity index (χ3n) is 0.302. The maximum Gasteiger partial charge on any atom is 1.41 e. The van der Waals surface area contributed by atoms with Crippen molar-refractivity contribution >= 4 is 55.4 Å². The summed E-state index contributed by atoms with van der Waals surface area (Å²) in [5.41, 5.74) is 0. The standard InChI is InChI=1S/C3H4O4.2CH3.2Mg/c4-2(5)1-3(6)7;;;;/h1H2,(H,4,5)(H,6,7);2*1H3;;/q;;;2*+2. The molecule has 0 aromatic heterocycles. The first kappa shape index (κ1) is 17.5. The minimum atomic E-state index is -1.31. The molecule has 0 unspecified atom stereocenters. The Labute approximate surface area is 91.2 Å². The van der Waals surface area contributed by atoms with E-state index in [2.05, 4.69) is 0 Å². The van der Waals surface area contributed by atoms with Gasteiger partial charge < -0.3 is 10.2 Å². The Balaban J connectivity index is -0.000000138. The zero-order valence-corrected chi connectivity index (χ0v) is 9.66. The predicted molar refractivity (Wildman–Crippen MR) is 43.1 cm³/mol. The molecule has 0 saturated carbocycles. The van der Waals surface area contributed by atoms with Crippen molar-refractivity contribution in [2.75, 3.05) is 0 Å². The summed E-state index contributed by atoms with van der Waals surface area (Å²) < 4.78 is 0. The van der Waals surface area contributed by atoms with Crippen molar-refractivity contribution in [2.24, 2.45) is 0 Å². The molecule has 54 valence electrons. The number of carbonyl (C=O) groups is 2. The van der Waals surface area contributed by atoms with Crippen LogP contribution in [0.25, 0.3) is 0 Å². The van der Waals surface area contributed by atoms with Crippen molar-refractivity contribution in [2.45, 2.75) is 16.5 Å². The van der Waals surface area contributed by atoms with E-state index >= 15 is 0 Å². The van der Waals surface area contributed by atoms with Crippen molar-refractivity contribution in [1.29, 1.82) is 0 Å². The molecule has 4 nitrogen and oxygen atoms in total. The van der Waals surface area contributed by atoms with Gasteiger partial charge >= 0.3 is 55.4 Å². The van der Waals surface area contributed by atoms with Crippen molar-refractivity contribution in [1.82, 2.24) is 0 Å². The molecular formula is C5H10Mg2O4+4. The molecule has 0 bridgehead atoms. The van der Waals surface area contributed by atoms with Gasteiger partial charge in [-0.05, 0) is 0 Å². The lowest BCUT2D eigenvalue weighted by Gasteiger charge is -1.80. The lowest BCUT2D eigenvalue weighted by Crippen LogP contribution is -2.03. The normalized spacial score (nSPS) is 6.18. The van der Waals surface area contributed by atoms with Gasteiger partial charge in [0.1, 0.15) is 6.42 Å². The van der Waals surface area contributed by atoms with Crippen LogP contribution < -0.4 is 0 Å². The van der Waals surface area contributed by atoms with Crippen molar-refractivity contribution in [3.05, 3.63) is 0 Å². The van der Waals surface area contributed by atoms with Crippen LogP contribution in [0.15, 0.2) is 0 Å². The first-order chi connectivity index (χ1) is 5.13. The zero-order chi connectivity index (χ0) is 9.86. The maximum atomic E-state index is 9.43. The van der Waals surface area contributed by atoms with Gasteiger partial charge in [0.2, 0.25) is 0 Å². The number of aliphatic carboxylic acids is 2. The topological polar surface area (TPSA) is 74.6 Å². The van der Waals surface area contributed by atoms with Gasteiger partial charge in [0, 0.05) is 0 Å². The smallest absolute Gasteiger partial charge is 0.481 e. The first-order valence-electron chi connectivity index (χ1n) is 2.98. The van der Waals surface area contributed by atoms with Crippen LogP contribution in [-0.2, 0) is 9.59 Å². The largest absolute Gasteiger partial charge is 1.41 e. The molecule has 0 heterocycles. The monoisotopic (exact) mass is 182 g/mol. The van der Waals surface area contributed by atoms with Gasteiger partial charge in [0.05, 0.1) is 0 Å². The van der Waals surface area contributed by atoms with E-state index < -0.39 is 18.4 Å². The molecular weight excluding hydrogens is 173 g/mol. The predicted octanol–water partition coefficient (Wildman–Crippen LogP) is -0.0483. The lowest BCUT2D eigenvalue weighted by atomic mass is 10.5. The van der Waals surface area contributed by atoms with E-state index in [1.165, 1.54) is 0 Å². The Morgan fingerprint density at radius 1 is 1.00 bits per heavy atom. The molecule has 11 heavy (non-hydrogen) atoms. The van der Waals surface area contributed by atoms with E-state index in [1.807, 2.05) is 53.5 Å². The summed E-state index contributed by atoms with van der Waals surface area (Å²) in [5, 5.41) is 19.5. The Hall–Kier alpha value is 0.472. The molecule has 0 fully saturated rings. The molecule has 0 amide bonds. The Bertz CT molecular complexity index is 92.7. The minimum absolute atomic E-state index is 0.806. The van der Waals surface area contributed by atoms with Gasteiger partial charge in [0.15, 0.2) is 0 Å². The molecule has 0 aliphatic rings. The lowest BCUT2D eigenvalue weighted by molar-refractivity contribution is -0.147. The molecule has 0 aromatic carbocycles. The first-order valence-corrected chi connectivity index (χ1v) is 5.81. The summed E-state index contributed by atoms with van der Waals surface area (Å²) in [7, 11) is 0. The molecule has 0 spiro atoms. The van der Waals surface area contributed by atoms with E-state index in [0.717, 1.165) is 0 Å². The summed E-state index contributed by atoms with van der Waals surface area (Å²) in [6, 6.07) is 0. The second kappa shape index (κ2) is 16.8. The molecule has 6 heteroatoms. The van der Waals surface area contributed by atoms with Crippen LogP contribution in [0.1, 0.15) is 6.42 Å². The quantitative estimate of drug-likeness (QED) is 0.464. The summed E-state index contributed by atoms with van der Waals surface area (Å²) in [5.74, 6) is -2.62. The summed E-state index contributed by atoms with van der Waals surface area (Å²) >= 11 is 3.72. The van der Waals surface area contributed by atoms with Gasteiger partial charge in [-0.3, -0.25) is 9.59 Å². The highest BCUT2D eigenvalue weighted by atomic mass is 24.4. The van der Waals surface area contributed by atoms with Crippen LogP contribution >= 0.6 is 0 Å². The third kappa shape index (κ3) is 37.6. The van der Waals surface area contributed by atoms with Crippen LogP contribution in [0.4, 0.5) is 0 Å². The average molecular weight is 183 g/mol. The third-order valence-corrected chi connectivity index (χ3v) is 0.302. The maximum absolute atomic E-state index is 9.43.